The van der Waals surface area contributed by atoms with Crippen molar-refractivity contribution in [3.63, 3.8) is 0 Å². The van der Waals surface area contributed by atoms with E-state index >= 15 is 0 Å². The van der Waals surface area contributed by atoms with E-state index in [1.54, 1.807) is 0 Å². The van der Waals surface area contributed by atoms with Crippen molar-refractivity contribution in [2.24, 2.45) is 0 Å². The maximum Gasteiger partial charge on any atom is 2.00 e. The zero-order valence-corrected chi connectivity index (χ0v) is 10.2. The fraction of sp³-hybridized carbons (Fsp3) is 0.154. The van der Waals surface area contributed by atoms with Crippen molar-refractivity contribution in [3.8, 4) is 0 Å². The molecule has 0 heterocycles. The molecule has 0 nitrogen and oxygen atoms in total. The maximum atomic E-state index is 2.99. The van der Waals surface area contributed by atoms with E-state index in [0.29, 0.717) is 0 Å². The standard InChI is InChI=1S/C7H8.C5H5.CH3.V/c1-7-5-3-2-4-6-7;1-2-4-5-3-1;;/h2-6H,1H3;1-3H,4H2;1H3;/q;2*-1;+2. The van der Waals surface area contributed by atoms with Gasteiger partial charge in [-0.1, -0.05) is 35.9 Å². The average Bonchev–Trinajstić information content (AvgIpc) is 2.62. The Morgan fingerprint density at radius 1 is 1.14 bits per heavy atom. The Balaban J connectivity index is 0. The molecule has 0 saturated heterocycles. The number of rotatable bonds is 0. The number of hydrogen-bond donors (Lipinski definition) is 0. The maximum absolute atomic E-state index is 2.99. The second-order valence-electron chi connectivity index (χ2n) is 2.66. The molecule has 1 aliphatic rings. The van der Waals surface area contributed by atoms with E-state index in [4.69, 9.17) is 0 Å². The van der Waals surface area contributed by atoms with E-state index < -0.39 is 0 Å². The Morgan fingerprint density at radius 3 is 2.00 bits per heavy atom. The molecule has 0 saturated carbocycles. The molecule has 0 atom stereocenters. The van der Waals surface area contributed by atoms with E-state index in [0.717, 1.165) is 6.42 Å². The van der Waals surface area contributed by atoms with Crippen molar-refractivity contribution in [2.45, 2.75) is 13.3 Å². The van der Waals surface area contributed by atoms with Crippen molar-refractivity contribution < 1.29 is 18.6 Å². The topological polar surface area (TPSA) is 0 Å². The predicted octanol–water partition coefficient (Wildman–Crippen LogP) is 3.75. The van der Waals surface area contributed by atoms with Crippen molar-refractivity contribution >= 4 is 0 Å². The minimum Gasteiger partial charge on any atom is -0.358 e. The van der Waals surface area contributed by atoms with Crippen LogP contribution in [-0.4, -0.2) is 0 Å². The third-order valence-corrected chi connectivity index (χ3v) is 1.53. The van der Waals surface area contributed by atoms with E-state index in [9.17, 15) is 0 Å². The van der Waals surface area contributed by atoms with E-state index in [1.165, 1.54) is 5.56 Å². The number of allylic oxidation sites excluding steroid dienone is 4. The normalized spacial score (nSPS) is 10.6. The van der Waals surface area contributed by atoms with Crippen LogP contribution in [-0.2, 0) is 18.6 Å². The van der Waals surface area contributed by atoms with Crippen LogP contribution in [0.3, 0.4) is 0 Å². The van der Waals surface area contributed by atoms with Crippen LogP contribution >= 0.6 is 0 Å². The van der Waals surface area contributed by atoms with Crippen LogP contribution in [0.25, 0.3) is 0 Å². The first-order valence-corrected chi connectivity index (χ1v) is 4.13. The van der Waals surface area contributed by atoms with Gasteiger partial charge in [-0.25, -0.2) is 12.2 Å². The van der Waals surface area contributed by atoms with Crippen LogP contribution < -0.4 is 0 Å². The zero-order valence-electron chi connectivity index (χ0n) is 8.77. The monoisotopic (exact) mass is 223 g/mol. The molecular weight excluding hydrogens is 207 g/mol. The van der Waals surface area contributed by atoms with Crippen LogP contribution in [0.1, 0.15) is 12.0 Å². The second kappa shape index (κ2) is 10.4. The summed E-state index contributed by atoms with van der Waals surface area (Å²) < 4.78 is 0. The molecule has 1 radical (unpaired) electrons. The molecule has 0 fully saturated rings. The summed E-state index contributed by atoms with van der Waals surface area (Å²) in [6, 6.07) is 10.3. The minimum absolute atomic E-state index is 0. The predicted molar refractivity (Wildman–Crippen MR) is 59.2 cm³/mol. The Labute approximate surface area is 99.6 Å². The summed E-state index contributed by atoms with van der Waals surface area (Å²) in [5.74, 6) is 0. The summed E-state index contributed by atoms with van der Waals surface area (Å²) in [6.45, 7) is 2.08. The van der Waals surface area contributed by atoms with Gasteiger partial charge in [0.2, 0.25) is 0 Å². The van der Waals surface area contributed by atoms with Gasteiger partial charge in [-0.05, 0) is 6.92 Å². The Hall–Kier alpha value is -0.716. The number of hydrogen-bond acceptors (Lipinski definition) is 0. The quantitative estimate of drug-likeness (QED) is 0.587. The van der Waals surface area contributed by atoms with Crippen molar-refractivity contribution in [2.75, 3.05) is 0 Å². The molecule has 1 heteroatoms. The van der Waals surface area contributed by atoms with E-state index in [2.05, 4.69) is 31.2 Å². The van der Waals surface area contributed by atoms with Gasteiger partial charge in [0.15, 0.2) is 0 Å². The fourth-order valence-corrected chi connectivity index (χ4v) is 0.875. The molecule has 0 bridgehead atoms. The molecule has 14 heavy (non-hydrogen) atoms. The summed E-state index contributed by atoms with van der Waals surface area (Å²) in [5, 5.41) is 0. The summed E-state index contributed by atoms with van der Waals surface area (Å²) in [4.78, 5) is 0. The molecule has 0 spiro atoms. The first-order valence-electron chi connectivity index (χ1n) is 4.13. The fourth-order valence-electron chi connectivity index (χ4n) is 0.875. The molecule has 1 aliphatic carbocycles. The van der Waals surface area contributed by atoms with Gasteiger partial charge in [0.05, 0.1) is 0 Å². The van der Waals surface area contributed by atoms with Gasteiger partial charge >= 0.3 is 18.6 Å². The smallest absolute Gasteiger partial charge is 0.358 e. The van der Waals surface area contributed by atoms with Crippen LogP contribution in [0.4, 0.5) is 0 Å². The van der Waals surface area contributed by atoms with Crippen LogP contribution in [0, 0.1) is 20.4 Å². The summed E-state index contributed by atoms with van der Waals surface area (Å²) in [5.41, 5.74) is 1.32. The van der Waals surface area contributed by atoms with Crippen molar-refractivity contribution in [3.05, 3.63) is 67.6 Å². The van der Waals surface area contributed by atoms with E-state index in [1.807, 2.05) is 30.4 Å². The first-order chi connectivity index (χ1) is 5.89. The molecule has 1 aromatic carbocycles. The average molecular weight is 223 g/mol. The molecule has 2 rings (SSSR count). The molecule has 0 N–H and O–H groups in total. The molecule has 0 amide bonds. The van der Waals surface area contributed by atoms with Crippen LogP contribution in [0.5, 0.6) is 0 Å². The van der Waals surface area contributed by atoms with Gasteiger partial charge in [-0.3, -0.25) is 6.08 Å². The molecular formula is C13H16V. The molecule has 0 aliphatic heterocycles. The molecule has 1 aromatic rings. The van der Waals surface area contributed by atoms with Crippen LogP contribution in [0.15, 0.2) is 48.6 Å². The van der Waals surface area contributed by atoms with E-state index in [-0.39, 0.29) is 26.0 Å². The van der Waals surface area contributed by atoms with Crippen molar-refractivity contribution in [1.82, 2.24) is 0 Å². The summed E-state index contributed by atoms with van der Waals surface area (Å²) in [7, 11) is 0. The van der Waals surface area contributed by atoms with Gasteiger partial charge in [-0.15, -0.1) is 6.42 Å². The Morgan fingerprint density at radius 2 is 1.79 bits per heavy atom. The third kappa shape index (κ3) is 7.91. The molecule has 0 aromatic heterocycles. The van der Waals surface area contributed by atoms with Gasteiger partial charge in [-0.2, -0.15) is 6.08 Å². The number of aryl methyl sites for hydroxylation is 1. The van der Waals surface area contributed by atoms with Gasteiger partial charge in [0.25, 0.3) is 0 Å². The minimum atomic E-state index is 0. The van der Waals surface area contributed by atoms with Gasteiger partial charge in [0.1, 0.15) is 0 Å². The van der Waals surface area contributed by atoms with Crippen LogP contribution in [0.2, 0.25) is 0 Å². The molecule has 73 valence electrons. The SMILES string of the molecule is Cc1ccccc1.[C-]1=CC=CC1.[CH3-].[V+2]. The summed E-state index contributed by atoms with van der Waals surface area (Å²) >= 11 is 0. The second-order valence-corrected chi connectivity index (χ2v) is 2.66. The summed E-state index contributed by atoms with van der Waals surface area (Å²) in [6.07, 6.45) is 10.0. The zero-order chi connectivity index (χ0) is 8.65. The van der Waals surface area contributed by atoms with Gasteiger partial charge in [0, 0.05) is 0 Å². The Bertz CT molecular complexity index is 250. The first kappa shape index (κ1) is 15.7. The van der Waals surface area contributed by atoms with Crippen molar-refractivity contribution in [1.29, 1.82) is 0 Å². The molecule has 0 unspecified atom stereocenters. The Kier molecular flexibility index (Phi) is 11.7. The largest absolute Gasteiger partial charge is 2.00 e. The number of benzene rings is 1. The van der Waals surface area contributed by atoms with Gasteiger partial charge < -0.3 is 7.43 Å². The third-order valence-electron chi connectivity index (χ3n) is 1.53.